The summed E-state index contributed by atoms with van der Waals surface area (Å²) in [6.07, 6.45) is 1.78. The Bertz CT molecular complexity index is 1380. The largest absolute Gasteiger partial charge is 0.493 e. The number of nitrogens with zero attached hydrogens (tertiary/aromatic N) is 1. The van der Waals surface area contributed by atoms with E-state index >= 15 is 0 Å². The van der Waals surface area contributed by atoms with Crippen LogP contribution in [0.25, 0.3) is 10.9 Å². The number of pyridine rings is 1. The molecule has 0 radical (unpaired) electrons. The van der Waals surface area contributed by atoms with Gasteiger partial charge in [0.25, 0.3) is 5.91 Å². The number of aliphatic carboxylic acids is 1. The van der Waals surface area contributed by atoms with Gasteiger partial charge in [0.1, 0.15) is 17.5 Å². The second kappa shape index (κ2) is 11.9. The zero-order chi connectivity index (χ0) is 26.2. The lowest BCUT2D eigenvalue weighted by atomic mass is 10.1. The van der Waals surface area contributed by atoms with Gasteiger partial charge < -0.3 is 30.4 Å². The monoisotopic (exact) mass is 501 g/mol. The van der Waals surface area contributed by atoms with E-state index in [1.165, 1.54) is 7.11 Å². The minimum atomic E-state index is -1.08. The molecule has 9 heteroatoms. The van der Waals surface area contributed by atoms with Gasteiger partial charge in [-0.3, -0.25) is 14.6 Å². The summed E-state index contributed by atoms with van der Waals surface area (Å²) < 4.78 is 17.3. The Labute approximate surface area is 213 Å². The van der Waals surface area contributed by atoms with Gasteiger partial charge in [0.2, 0.25) is 0 Å². The van der Waals surface area contributed by atoms with E-state index in [-0.39, 0.29) is 18.9 Å². The van der Waals surface area contributed by atoms with E-state index < -0.39 is 12.0 Å². The first-order chi connectivity index (χ1) is 17.9. The topological polar surface area (TPSA) is 133 Å². The lowest BCUT2D eigenvalue weighted by molar-refractivity contribution is -0.138. The fourth-order valence-electron chi connectivity index (χ4n) is 3.59. The molecule has 4 N–H and O–H groups in total. The number of benzene rings is 3. The number of nitrogens with one attached hydrogen (secondary N) is 1. The molecule has 1 unspecified atom stereocenters. The first kappa shape index (κ1) is 25.5. The first-order valence-electron chi connectivity index (χ1n) is 11.6. The molecule has 0 bridgehead atoms. The summed E-state index contributed by atoms with van der Waals surface area (Å²) in [5.74, 6) is 0.868. The third-order valence-electron chi connectivity index (χ3n) is 5.63. The van der Waals surface area contributed by atoms with Crippen molar-refractivity contribution in [2.75, 3.05) is 13.7 Å². The van der Waals surface area contributed by atoms with Crippen LogP contribution in [0.2, 0.25) is 0 Å². The zero-order valence-corrected chi connectivity index (χ0v) is 20.2. The standard InChI is InChI=1S/C28H27N3O6/c1-35-25-15-21-23(16-26(25)36-14-12-22(29)28(33)34)30-13-11-24(21)37-20-9-7-18(8-10-20)17-31-27(32)19-5-3-2-4-6-19/h2-11,13,15-16,22H,12,14,17,29H2,1H3,(H,31,32)(H,33,34). The molecule has 0 aliphatic rings. The molecule has 1 heterocycles. The van der Waals surface area contributed by atoms with Gasteiger partial charge in [-0.2, -0.15) is 0 Å². The molecule has 1 amide bonds. The third-order valence-corrected chi connectivity index (χ3v) is 5.63. The molecule has 190 valence electrons. The van der Waals surface area contributed by atoms with Crippen LogP contribution in [0.3, 0.4) is 0 Å². The van der Waals surface area contributed by atoms with Gasteiger partial charge in [-0.05, 0) is 42.0 Å². The minimum Gasteiger partial charge on any atom is -0.493 e. The average Bonchev–Trinajstić information content (AvgIpc) is 2.92. The number of hydrogen-bond donors (Lipinski definition) is 3. The summed E-state index contributed by atoms with van der Waals surface area (Å²) in [6, 6.07) is 20.7. The number of carbonyl (C=O) groups is 2. The predicted octanol–water partition coefficient (Wildman–Crippen LogP) is 4.15. The molecule has 0 saturated carbocycles. The van der Waals surface area contributed by atoms with Crippen molar-refractivity contribution in [3.05, 3.63) is 90.1 Å². The lowest BCUT2D eigenvalue weighted by Gasteiger charge is -2.15. The van der Waals surface area contributed by atoms with Gasteiger partial charge in [0, 0.05) is 36.2 Å². The van der Waals surface area contributed by atoms with Gasteiger partial charge in [0.15, 0.2) is 11.5 Å². The number of fused-ring (bicyclic) bond motifs is 1. The van der Waals surface area contributed by atoms with E-state index in [4.69, 9.17) is 25.1 Å². The van der Waals surface area contributed by atoms with Gasteiger partial charge in [-0.25, -0.2) is 0 Å². The highest BCUT2D eigenvalue weighted by molar-refractivity contribution is 5.94. The predicted molar refractivity (Wildman–Crippen MR) is 138 cm³/mol. The summed E-state index contributed by atoms with van der Waals surface area (Å²) in [5.41, 5.74) is 7.71. The van der Waals surface area contributed by atoms with E-state index in [0.717, 1.165) is 5.56 Å². The molecule has 0 aliphatic heterocycles. The summed E-state index contributed by atoms with van der Waals surface area (Å²) in [5, 5.41) is 12.6. The van der Waals surface area contributed by atoms with Crippen LogP contribution in [-0.2, 0) is 11.3 Å². The SMILES string of the molecule is COc1cc2c(Oc3ccc(CNC(=O)c4ccccc4)cc3)ccnc2cc1OCCC(N)C(=O)O. The number of hydrogen-bond acceptors (Lipinski definition) is 7. The van der Waals surface area contributed by atoms with Crippen molar-refractivity contribution < 1.29 is 28.9 Å². The van der Waals surface area contributed by atoms with Crippen molar-refractivity contribution in [2.24, 2.45) is 5.73 Å². The van der Waals surface area contributed by atoms with Crippen LogP contribution < -0.4 is 25.3 Å². The van der Waals surface area contributed by atoms with Crippen molar-refractivity contribution in [3.8, 4) is 23.0 Å². The van der Waals surface area contributed by atoms with Gasteiger partial charge in [0.05, 0.1) is 19.2 Å². The second-order valence-corrected chi connectivity index (χ2v) is 8.21. The zero-order valence-electron chi connectivity index (χ0n) is 20.2. The number of ether oxygens (including phenoxy) is 3. The van der Waals surface area contributed by atoms with Crippen LogP contribution in [0.1, 0.15) is 22.3 Å². The highest BCUT2D eigenvalue weighted by atomic mass is 16.5. The molecule has 0 saturated heterocycles. The van der Waals surface area contributed by atoms with E-state index in [0.29, 0.717) is 46.0 Å². The molecule has 1 aromatic heterocycles. The molecule has 3 aromatic carbocycles. The molecular formula is C28H27N3O6. The maximum atomic E-state index is 12.3. The Morgan fingerprint density at radius 3 is 2.46 bits per heavy atom. The van der Waals surface area contributed by atoms with Crippen LogP contribution in [0, 0.1) is 0 Å². The van der Waals surface area contributed by atoms with Crippen LogP contribution in [0.5, 0.6) is 23.0 Å². The Balaban J connectivity index is 1.44. The van der Waals surface area contributed by atoms with Crippen molar-refractivity contribution in [3.63, 3.8) is 0 Å². The molecule has 0 spiro atoms. The Kier molecular flexibility index (Phi) is 8.17. The average molecular weight is 502 g/mol. The quantitative estimate of drug-likeness (QED) is 0.279. The second-order valence-electron chi connectivity index (χ2n) is 8.21. The van der Waals surface area contributed by atoms with Gasteiger partial charge in [-0.1, -0.05) is 30.3 Å². The molecular weight excluding hydrogens is 474 g/mol. The molecule has 0 aliphatic carbocycles. The normalized spacial score (nSPS) is 11.5. The smallest absolute Gasteiger partial charge is 0.320 e. The van der Waals surface area contributed by atoms with E-state index in [9.17, 15) is 9.59 Å². The van der Waals surface area contributed by atoms with Crippen molar-refractivity contribution in [1.82, 2.24) is 10.3 Å². The number of rotatable bonds is 11. The van der Waals surface area contributed by atoms with Crippen LogP contribution in [0.15, 0.2) is 79.0 Å². The van der Waals surface area contributed by atoms with E-state index in [1.807, 2.05) is 42.5 Å². The third kappa shape index (κ3) is 6.53. The van der Waals surface area contributed by atoms with Gasteiger partial charge in [-0.15, -0.1) is 0 Å². The van der Waals surface area contributed by atoms with Crippen molar-refractivity contribution in [2.45, 2.75) is 19.0 Å². The Hall–Kier alpha value is -4.63. The number of carboxylic acids is 1. The maximum absolute atomic E-state index is 12.3. The first-order valence-corrected chi connectivity index (χ1v) is 11.6. The highest BCUT2D eigenvalue weighted by Crippen LogP contribution is 2.37. The summed E-state index contributed by atoms with van der Waals surface area (Å²) in [7, 11) is 1.52. The number of amides is 1. The molecule has 1 atom stereocenters. The Morgan fingerprint density at radius 2 is 1.76 bits per heavy atom. The minimum absolute atomic E-state index is 0.115. The number of aromatic nitrogens is 1. The molecule has 37 heavy (non-hydrogen) atoms. The summed E-state index contributed by atoms with van der Waals surface area (Å²) in [6.45, 7) is 0.507. The van der Waals surface area contributed by atoms with Crippen LogP contribution in [0.4, 0.5) is 0 Å². The lowest BCUT2D eigenvalue weighted by Crippen LogP contribution is -2.31. The number of carbonyl (C=O) groups excluding carboxylic acids is 1. The van der Waals surface area contributed by atoms with Crippen LogP contribution >= 0.6 is 0 Å². The summed E-state index contributed by atoms with van der Waals surface area (Å²) in [4.78, 5) is 27.6. The number of carboxylic acid groups (broad SMARTS) is 1. The number of methoxy groups -OCH3 is 1. The fourth-order valence-corrected chi connectivity index (χ4v) is 3.59. The molecule has 0 fully saturated rings. The van der Waals surface area contributed by atoms with Crippen molar-refractivity contribution >= 4 is 22.8 Å². The maximum Gasteiger partial charge on any atom is 0.320 e. The van der Waals surface area contributed by atoms with E-state index in [2.05, 4.69) is 10.3 Å². The van der Waals surface area contributed by atoms with Gasteiger partial charge >= 0.3 is 5.97 Å². The summed E-state index contributed by atoms with van der Waals surface area (Å²) >= 11 is 0. The van der Waals surface area contributed by atoms with E-state index in [1.54, 1.807) is 36.5 Å². The molecule has 4 rings (SSSR count). The van der Waals surface area contributed by atoms with Crippen LogP contribution in [-0.4, -0.2) is 41.7 Å². The van der Waals surface area contributed by atoms with Crippen molar-refractivity contribution in [1.29, 1.82) is 0 Å². The number of nitrogens with two attached hydrogens (primary N) is 1. The fraction of sp³-hybridized carbons (Fsp3) is 0.179. The molecule has 9 nitrogen and oxygen atoms in total. The highest BCUT2D eigenvalue weighted by Gasteiger charge is 2.15. The Morgan fingerprint density at radius 1 is 1.00 bits per heavy atom. The molecule has 4 aromatic rings.